The van der Waals surface area contributed by atoms with Crippen LogP contribution < -0.4 is 0 Å². The first kappa shape index (κ1) is 15.6. The molecule has 1 amide bonds. The first-order chi connectivity index (χ1) is 11.1. The zero-order valence-electron chi connectivity index (χ0n) is 12.4. The summed E-state index contributed by atoms with van der Waals surface area (Å²) in [5.41, 5.74) is -0.591. The van der Waals surface area contributed by atoms with Crippen LogP contribution in [0.15, 0.2) is 41.3 Å². The predicted octanol–water partition coefficient (Wildman–Crippen LogP) is 1.26. The largest absolute Gasteiger partial charge is 0.438 e. The first-order valence-electron chi connectivity index (χ1n) is 7.29. The summed E-state index contributed by atoms with van der Waals surface area (Å²) in [6.45, 7) is 0.465. The number of hydrogen-bond donors (Lipinski definition) is 1. The van der Waals surface area contributed by atoms with Gasteiger partial charge in [0.25, 0.3) is 5.91 Å². The second-order valence-electron chi connectivity index (χ2n) is 5.55. The van der Waals surface area contributed by atoms with Gasteiger partial charge in [0.1, 0.15) is 11.4 Å². The molecular formula is C16H17FN2O4. The first-order valence-corrected chi connectivity index (χ1v) is 7.29. The minimum absolute atomic E-state index is 0.129. The molecule has 7 heteroatoms. The van der Waals surface area contributed by atoms with Crippen molar-refractivity contribution in [3.05, 3.63) is 54.0 Å². The molecule has 0 saturated carbocycles. The summed E-state index contributed by atoms with van der Waals surface area (Å²) < 4.78 is 24.6. The Morgan fingerprint density at radius 3 is 2.96 bits per heavy atom. The lowest BCUT2D eigenvalue weighted by Crippen LogP contribution is -2.56. The molecule has 2 heterocycles. The minimum atomic E-state index is -1.03. The number of oxazole rings is 1. The third-order valence-electron chi connectivity index (χ3n) is 3.94. The highest BCUT2D eigenvalue weighted by molar-refractivity contribution is 5.91. The zero-order chi connectivity index (χ0) is 16.3. The molecule has 1 aliphatic heterocycles. The monoisotopic (exact) mass is 320 g/mol. The second-order valence-corrected chi connectivity index (χ2v) is 5.55. The summed E-state index contributed by atoms with van der Waals surface area (Å²) in [6.07, 6.45) is 2.71. The maximum absolute atomic E-state index is 13.9. The normalized spacial score (nSPS) is 21.4. The summed E-state index contributed by atoms with van der Waals surface area (Å²) >= 11 is 0. The van der Waals surface area contributed by atoms with Gasteiger partial charge in [-0.05, 0) is 11.6 Å². The number of aliphatic hydroxyl groups is 1. The van der Waals surface area contributed by atoms with Gasteiger partial charge in [0, 0.05) is 13.0 Å². The van der Waals surface area contributed by atoms with Gasteiger partial charge in [-0.15, -0.1) is 0 Å². The van der Waals surface area contributed by atoms with E-state index in [0.717, 1.165) is 0 Å². The van der Waals surface area contributed by atoms with Crippen molar-refractivity contribution in [3.63, 3.8) is 0 Å². The number of carbonyl (C=O) groups is 1. The molecule has 1 aliphatic rings. The summed E-state index contributed by atoms with van der Waals surface area (Å²) in [7, 11) is 0. The van der Waals surface area contributed by atoms with E-state index in [1.54, 1.807) is 18.2 Å². The highest BCUT2D eigenvalue weighted by Crippen LogP contribution is 2.25. The molecule has 3 rings (SSSR count). The van der Waals surface area contributed by atoms with Crippen LogP contribution in [0.3, 0.4) is 0 Å². The number of rotatable bonds is 4. The van der Waals surface area contributed by atoms with Crippen LogP contribution >= 0.6 is 0 Å². The van der Waals surface area contributed by atoms with Gasteiger partial charge in [0.2, 0.25) is 5.76 Å². The van der Waals surface area contributed by atoms with Crippen LogP contribution in [0, 0.1) is 5.82 Å². The zero-order valence-corrected chi connectivity index (χ0v) is 12.4. The van der Waals surface area contributed by atoms with Gasteiger partial charge in [-0.2, -0.15) is 0 Å². The van der Waals surface area contributed by atoms with Crippen molar-refractivity contribution in [1.29, 1.82) is 0 Å². The van der Waals surface area contributed by atoms with Gasteiger partial charge in [0.15, 0.2) is 6.39 Å². The van der Waals surface area contributed by atoms with Crippen LogP contribution in [0.5, 0.6) is 0 Å². The number of benzene rings is 1. The Morgan fingerprint density at radius 1 is 1.43 bits per heavy atom. The van der Waals surface area contributed by atoms with Gasteiger partial charge in [0.05, 0.1) is 26.0 Å². The van der Waals surface area contributed by atoms with Crippen LogP contribution in [-0.2, 0) is 11.2 Å². The Balaban J connectivity index is 1.79. The molecule has 122 valence electrons. The fraction of sp³-hybridized carbons (Fsp3) is 0.375. The number of hydrogen-bond acceptors (Lipinski definition) is 5. The average Bonchev–Trinajstić information content (AvgIpc) is 3.11. The molecule has 6 nitrogen and oxygen atoms in total. The van der Waals surface area contributed by atoms with E-state index in [4.69, 9.17) is 9.15 Å². The molecule has 1 saturated heterocycles. The van der Waals surface area contributed by atoms with Crippen molar-refractivity contribution in [3.8, 4) is 0 Å². The van der Waals surface area contributed by atoms with Gasteiger partial charge in [-0.3, -0.25) is 4.79 Å². The van der Waals surface area contributed by atoms with Gasteiger partial charge >= 0.3 is 0 Å². The van der Waals surface area contributed by atoms with Crippen molar-refractivity contribution >= 4 is 5.91 Å². The minimum Gasteiger partial charge on any atom is -0.438 e. The SMILES string of the molecule is O=C(c1cnco1)N1CCOC(CO)(Cc2ccccc2F)C1. The van der Waals surface area contributed by atoms with Crippen LogP contribution in [0.1, 0.15) is 16.1 Å². The van der Waals surface area contributed by atoms with Crippen LogP contribution in [0.4, 0.5) is 4.39 Å². The van der Waals surface area contributed by atoms with Gasteiger partial charge in [-0.25, -0.2) is 9.37 Å². The Kier molecular flexibility index (Phi) is 4.40. The molecule has 1 atom stereocenters. The Morgan fingerprint density at radius 2 is 2.26 bits per heavy atom. The standard InChI is InChI=1S/C16H17FN2O4/c17-13-4-2-1-3-12(13)7-16(10-20)9-19(5-6-23-16)15(21)14-8-18-11-22-14/h1-4,8,11,20H,5-7,9-10H2. The lowest BCUT2D eigenvalue weighted by Gasteiger charge is -2.41. The topological polar surface area (TPSA) is 75.8 Å². The number of morpholine rings is 1. The van der Waals surface area contributed by atoms with E-state index in [9.17, 15) is 14.3 Å². The van der Waals surface area contributed by atoms with Crippen molar-refractivity contribution in [2.24, 2.45) is 0 Å². The number of amides is 1. The number of aliphatic hydroxyl groups excluding tert-OH is 1. The van der Waals surface area contributed by atoms with E-state index in [1.165, 1.54) is 23.6 Å². The molecule has 1 fully saturated rings. The molecule has 0 aliphatic carbocycles. The average molecular weight is 320 g/mol. The lowest BCUT2D eigenvalue weighted by atomic mass is 9.92. The number of aromatic nitrogens is 1. The summed E-state index contributed by atoms with van der Waals surface area (Å²) in [5.74, 6) is -0.551. The Labute approximate surface area is 132 Å². The summed E-state index contributed by atoms with van der Waals surface area (Å²) in [4.78, 5) is 17.6. The third-order valence-corrected chi connectivity index (χ3v) is 3.94. The molecular weight excluding hydrogens is 303 g/mol. The summed E-state index contributed by atoms with van der Waals surface area (Å²) in [5, 5.41) is 9.80. The second kappa shape index (κ2) is 6.47. The molecule has 2 aromatic rings. The van der Waals surface area contributed by atoms with E-state index in [-0.39, 0.29) is 43.7 Å². The highest BCUT2D eigenvalue weighted by atomic mass is 19.1. The fourth-order valence-electron chi connectivity index (χ4n) is 2.74. The molecule has 1 aromatic heterocycles. The highest BCUT2D eigenvalue weighted by Gasteiger charge is 2.39. The van der Waals surface area contributed by atoms with Crippen molar-refractivity contribution in [1.82, 2.24) is 9.88 Å². The van der Waals surface area contributed by atoms with E-state index >= 15 is 0 Å². The Bertz CT molecular complexity index is 676. The molecule has 1 unspecified atom stereocenters. The van der Waals surface area contributed by atoms with Crippen molar-refractivity contribution < 1.29 is 23.4 Å². The Hall–Kier alpha value is -2.25. The molecule has 1 N–H and O–H groups in total. The number of carbonyl (C=O) groups excluding carboxylic acids is 1. The molecule has 23 heavy (non-hydrogen) atoms. The third kappa shape index (κ3) is 3.25. The number of halogens is 1. The van der Waals surface area contributed by atoms with Crippen molar-refractivity contribution in [2.75, 3.05) is 26.3 Å². The molecule has 0 spiro atoms. The quantitative estimate of drug-likeness (QED) is 0.918. The van der Waals surface area contributed by atoms with Gasteiger partial charge < -0.3 is 19.2 Å². The smallest absolute Gasteiger partial charge is 0.291 e. The van der Waals surface area contributed by atoms with Crippen LogP contribution in [0.2, 0.25) is 0 Å². The maximum Gasteiger partial charge on any atom is 0.291 e. The predicted molar refractivity (Wildman–Crippen MR) is 78.3 cm³/mol. The van der Waals surface area contributed by atoms with E-state index in [1.807, 2.05) is 0 Å². The van der Waals surface area contributed by atoms with E-state index in [2.05, 4.69) is 4.98 Å². The molecule has 0 bridgehead atoms. The van der Waals surface area contributed by atoms with E-state index in [0.29, 0.717) is 12.1 Å². The van der Waals surface area contributed by atoms with E-state index < -0.39 is 5.60 Å². The van der Waals surface area contributed by atoms with Crippen LogP contribution in [-0.4, -0.2) is 52.8 Å². The molecule has 0 radical (unpaired) electrons. The maximum atomic E-state index is 13.9. The fourth-order valence-corrected chi connectivity index (χ4v) is 2.74. The van der Waals surface area contributed by atoms with Gasteiger partial charge in [-0.1, -0.05) is 18.2 Å². The van der Waals surface area contributed by atoms with Crippen molar-refractivity contribution in [2.45, 2.75) is 12.0 Å². The molecule has 1 aromatic carbocycles. The number of nitrogens with zero attached hydrogens (tertiary/aromatic N) is 2. The lowest BCUT2D eigenvalue weighted by molar-refractivity contribution is -0.124. The van der Waals surface area contributed by atoms with Crippen LogP contribution in [0.25, 0.3) is 0 Å². The number of ether oxygens (including phenoxy) is 1. The summed E-state index contributed by atoms with van der Waals surface area (Å²) in [6, 6.07) is 6.34.